The van der Waals surface area contributed by atoms with Gasteiger partial charge in [0.1, 0.15) is 11.5 Å². The van der Waals surface area contributed by atoms with E-state index in [-0.39, 0.29) is 0 Å². The lowest BCUT2D eigenvalue weighted by Crippen LogP contribution is -2.36. The largest absolute Gasteiger partial charge is 0.457 e. The molecule has 78 heavy (non-hydrogen) atoms. The van der Waals surface area contributed by atoms with Gasteiger partial charge in [-0.1, -0.05) is 218 Å². The Labute approximate surface area is 452 Å². The second-order valence-corrected chi connectivity index (χ2v) is 21.2. The molecule has 2 aliphatic heterocycles. The van der Waals surface area contributed by atoms with Gasteiger partial charge in [0.2, 0.25) is 0 Å². The zero-order valence-corrected chi connectivity index (χ0v) is 42.4. The van der Waals surface area contributed by atoms with Crippen LogP contribution in [0.1, 0.15) is 44.5 Å². The fraction of sp³-hybridized carbons (Fsp3) is 0.0267. The van der Waals surface area contributed by atoms with Crippen LogP contribution in [-0.4, -0.2) is 4.98 Å². The molecule has 0 atom stereocenters. The highest BCUT2D eigenvalue weighted by atomic mass is 16.5. The van der Waals surface area contributed by atoms with Gasteiger partial charge >= 0.3 is 0 Å². The van der Waals surface area contributed by atoms with Crippen LogP contribution < -0.4 is 9.64 Å². The smallest absolute Gasteiger partial charge is 0.132 e. The Morgan fingerprint density at radius 2 is 0.692 bits per heavy atom. The first-order valence-electron chi connectivity index (χ1n) is 27.0. The first-order valence-corrected chi connectivity index (χ1v) is 27.0. The molecular formula is C75H46N2O. The molecule has 2 aliphatic carbocycles. The Kier molecular flexibility index (Phi) is 8.97. The van der Waals surface area contributed by atoms with Crippen molar-refractivity contribution < 1.29 is 4.74 Å². The van der Waals surface area contributed by atoms with Crippen molar-refractivity contribution in [3.63, 3.8) is 0 Å². The van der Waals surface area contributed by atoms with Crippen molar-refractivity contribution in [3.8, 4) is 67.3 Å². The highest BCUT2D eigenvalue weighted by Crippen LogP contribution is 2.65. The van der Waals surface area contributed by atoms with E-state index in [1.165, 1.54) is 116 Å². The minimum absolute atomic E-state index is 0.510. The Morgan fingerprint density at radius 1 is 0.295 bits per heavy atom. The monoisotopic (exact) mass is 990 g/mol. The third kappa shape index (κ3) is 5.64. The molecule has 17 rings (SSSR count). The summed E-state index contributed by atoms with van der Waals surface area (Å²) < 4.78 is 6.64. The molecule has 0 bridgehead atoms. The van der Waals surface area contributed by atoms with Crippen LogP contribution in [0.3, 0.4) is 0 Å². The maximum absolute atomic E-state index is 6.64. The molecule has 362 valence electrons. The number of anilines is 3. The third-order valence-electron chi connectivity index (χ3n) is 17.6. The van der Waals surface area contributed by atoms with Crippen LogP contribution in [0.2, 0.25) is 0 Å². The molecule has 0 amide bonds. The molecule has 3 heteroatoms. The van der Waals surface area contributed by atoms with E-state index in [0.29, 0.717) is 0 Å². The zero-order chi connectivity index (χ0) is 51.1. The highest BCUT2D eigenvalue weighted by Gasteiger charge is 2.53. The van der Waals surface area contributed by atoms with E-state index >= 15 is 0 Å². The summed E-state index contributed by atoms with van der Waals surface area (Å²) in [6.45, 7) is 0. The minimum atomic E-state index is -0.519. The SMILES string of the molecule is c1ccc(N2c3ccccc3C3(c4ccccc4-c4cc(-c5ccc(-c6c7ccccc7c(-c7ccc8c(c7)-c7ccccc7C87c8ccccc8Oc8ccccc87)c7ccccc67)cn5)ccc43)c3ccccc32)cc1. The van der Waals surface area contributed by atoms with Crippen LogP contribution in [0, 0.1) is 0 Å². The van der Waals surface area contributed by atoms with Crippen molar-refractivity contribution in [1.29, 1.82) is 0 Å². The molecule has 13 aromatic rings. The molecule has 0 radical (unpaired) electrons. The molecule has 2 spiro atoms. The van der Waals surface area contributed by atoms with Gasteiger partial charge in [-0.25, -0.2) is 0 Å². The van der Waals surface area contributed by atoms with E-state index in [1.54, 1.807) is 0 Å². The number of benzene rings is 12. The van der Waals surface area contributed by atoms with E-state index in [4.69, 9.17) is 9.72 Å². The van der Waals surface area contributed by atoms with Gasteiger partial charge < -0.3 is 9.64 Å². The molecule has 0 saturated carbocycles. The van der Waals surface area contributed by atoms with Crippen LogP contribution in [0.25, 0.3) is 77.3 Å². The number of para-hydroxylation sites is 5. The molecule has 12 aromatic carbocycles. The molecule has 0 unspecified atom stereocenters. The van der Waals surface area contributed by atoms with Gasteiger partial charge in [-0.3, -0.25) is 4.98 Å². The van der Waals surface area contributed by atoms with Crippen LogP contribution in [0.4, 0.5) is 17.1 Å². The summed E-state index contributed by atoms with van der Waals surface area (Å²) in [5.74, 6) is 1.80. The van der Waals surface area contributed by atoms with Crippen molar-refractivity contribution in [1.82, 2.24) is 4.98 Å². The molecule has 1 aromatic heterocycles. The number of rotatable bonds is 4. The Bertz CT molecular complexity index is 4520. The summed E-state index contributed by atoms with van der Waals surface area (Å²) in [6.07, 6.45) is 2.09. The Balaban J connectivity index is 0.796. The minimum Gasteiger partial charge on any atom is -0.457 e. The average Bonchev–Trinajstić information content (AvgIpc) is 2.99. The van der Waals surface area contributed by atoms with Crippen LogP contribution in [0.5, 0.6) is 11.5 Å². The van der Waals surface area contributed by atoms with Gasteiger partial charge in [0, 0.05) is 34.1 Å². The quantitative estimate of drug-likeness (QED) is 0.164. The van der Waals surface area contributed by atoms with E-state index in [2.05, 4.69) is 284 Å². The summed E-state index contributed by atoms with van der Waals surface area (Å²) in [7, 11) is 0. The lowest BCUT2D eigenvalue weighted by molar-refractivity contribution is 0.436. The lowest BCUT2D eigenvalue weighted by atomic mass is 9.64. The predicted octanol–water partition coefficient (Wildman–Crippen LogP) is 19.0. The Morgan fingerprint density at radius 3 is 1.23 bits per heavy atom. The maximum atomic E-state index is 6.64. The number of aromatic nitrogens is 1. The van der Waals surface area contributed by atoms with Crippen molar-refractivity contribution in [2.45, 2.75) is 10.8 Å². The van der Waals surface area contributed by atoms with Gasteiger partial charge in [-0.15, -0.1) is 0 Å². The first kappa shape index (κ1) is 43.2. The van der Waals surface area contributed by atoms with Crippen molar-refractivity contribution in [2.24, 2.45) is 0 Å². The van der Waals surface area contributed by atoms with Crippen LogP contribution >= 0.6 is 0 Å². The molecule has 3 nitrogen and oxygen atoms in total. The molecule has 0 fully saturated rings. The summed E-state index contributed by atoms with van der Waals surface area (Å²) in [5.41, 5.74) is 24.3. The van der Waals surface area contributed by atoms with Crippen molar-refractivity contribution >= 4 is 38.6 Å². The average molecular weight is 991 g/mol. The number of fused-ring (bicyclic) bond motifs is 20. The van der Waals surface area contributed by atoms with Crippen LogP contribution in [0.15, 0.2) is 279 Å². The molecular weight excluding hydrogens is 945 g/mol. The number of nitrogens with zero attached hydrogens (tertiary/aromatic N) is 2. The van der Waals surface area contributed by atoms with Gasteiger partial charge in [0.25, 0.3) is 0 Å². The second-order valence-electron chi connectivity index (χ2n) is 21.2. The predicted molar refractivity (Wildman–Crippen MR) is 318 cm³/mol. The van der Waals surface area contributed by atoms with E-state index in [9.17, 15) is 0 Å². The van der Waals surface area contributed by atoms with Gasteiger partial charge in [-0.2, -0.15) is 0 Å². The van der Waals surface area contributed by atoms with Crippen molar-refractivity contribution in [3.05, 3.63) is 324 Å². The highest BCUT2D eigenvalue weighted by molar-refractivity contribution is 6.21. The number of ether oxygens (including phenoxy) is 1. The topological polar surface area (TPSA) is 25.4 Å². The van der Waals surface area contributed by atoms with Crippen LogP contribution in [-0.2, 0) is 10.8 Å². The standard InChI is InChI=1S/C75H46N2O/c1-2-20-50(21-3-1)77-68-34-16-12-30-63(68)74(64-31-13-17-35-69(64)77)59-28-10-8-22-51(59)57-44-47(38-41-61(57)74)67-43-40-49(46-76-67)73-55-26-6-4-24-53(55)72(54-25-5-7-27-56(54)73)48-39-42-62-58(45-48)52-23-9-11-29-60(52)75(62)65-32-14-18-36-70(65)78-71-37-19-15-33-66(71)75/h1-46H. The summed E-state index contributed by atoms with van der Waals surface area (Å²) in [4.78, 5) is 7.77. The summed E-state index contributed by atoms with van der Waals surface area (Å²) in [6, 6.07) is 101. The van der Waals surface area contributed by atoms with E-state index in [1.807, 2.05) is 0 Å². The van der Waals surface area contributed by atoms with Crippen molar-refractivity contribution in [2.75, 3.05) is 4.90 Å². The first-order chi connectivity index (χ1) is 38.7. The number of pyridine rings is 1. The normalized spacial score (nSPS) is 14.2. The van der Waals surface area contributed by atoms with Gasteiger partial charge in [0.15, 0.2) is 0 Å². The lowest BCUT2D eigenvalue weighted by Gasteiger charge is -2.45. The molecule has 3 heterocycles. The zero-order valence-electron chi connectivity index (χ0n) is 42.4. The molecule has 0 saturated heterocycles. The fourth-order valence-electron chi connectivity index (χ4n) is 14.6. The Hall–Kier alpha value is -10.1. The summed E-state index contributed by atoms with van der Waals surface area (Å²) >= 11 is 0. The van der Waals surface area contributed by atoms with E-state index < -0.39 is 10.8 Å². The molecule has 4 aliphatic rings. The summed E-state index contributed by atoms with van der Waals surface area (Å²) in [5, 5.41) is 4.82. The van der Waals surface area contributed by atoms with Gasteiger partial charge in [0.05, 0.1) is 27.9 Å². The second kappa shape index (κ2) is 16.2. The number of hydrogen-bond donors (Lipinski definition) is 0. The maximum Gasteiger partial charge on any atom is 0.132 e. The van der Waals surface area contributed by atoms with Gasteiger partial charge in [-0.05, 0) is 148 Å². The third-order valence-corrected chi connectivity index (χ3v) is 17.6. The van der Waals surface area contributed by atoms with E-state index in [0.717, 1.165) is 34.0 Å². The molecule has 0 N–H and O–H groups in total. The number of hydrogen-bond acceptors (Lipinski definition) is 3. The fourth-order valence-corrected chi connectivity index (χ4v) is 14.6.